The fraction of sp³-hybridized carbons (Fsp3) is 0.333. The number of nitrogens with zero attached hydrogens (tertiary/aromatic N) is 1. The van der Waals surface area contributed by atoms with Crippen molar-refractivity contribution in [2.45, 2.75) is 17.8 Å². The molecule has 3 rings (SSSR count). The van der Waals surface area contributed by atoms with Gasteiger partial charge in [-0.15, -0.1) is 11.8 Å². The summed E-state index contributed by atoms with van der Waals surface area (Å²) in [4.78, 5) is 27.9. The molecule has 29 heavy (non-hydrogen) atoms. The van der Waals surface area contributed by atoms with Gasteiger partial charge >= 0.3 is 0 Å². The second-order valence-electron chi connectivity index (χ2n) is 6.59. The average molecular weight is 453 g/mol. The van der Waals surface area contributed by atoms with Gasteiger partial charge in [0, 0.05) is 31.0 Å². The Morgan fingerprint density at radius 2 is 1.97 bits per heavy atom. The molecule has 2 aromatic carbocycles. The number of hydrogen-bond donors (Lipinski definition) is 1. The molecule has 5 nitrogen and oxygen atoms in total. The van der Waals surface area contributed by atoms with Crippen LogP contribution in [0.25, 0.3) is 0 Å². The normalized spacial score (nSPS) is 18.7. The Bertz CT molecular complexity index is 866. The van der Waals surface area contributed by atoms with E-state index in [1.807, 2.05) is 30.3 Å². The van der Waals surface area contributed by atoms with E-state index in [9.17, 15) is 9.59 Å². The highest BCUT2D eigenvalue weighted by Crippen LogP contribution is 2.42. The summed E-state index contributed by atoms with van der Waals surface area (Å²) >= 11 is 13.8. The molecule has 1 N–H and O–H groups in total. The number of thioether (sulfide) groups is 1. The minimum Gasteiger partial charge on any atom is -0.385 e. The summed E-state index contributed by atoms with van der Waals surface area (Å²) in [6.07, 6.45) is 0.709. The largest absolute Gasteiger partial charge is 0.385 e. The summed E-state index contributed by atoms with van der Waals surface area (Å²) < 4.78 is 5.02. The Balaban J connectivity index is 1.88. The maximum Gasteiger partial charge on any atom is 0.257 e. The molecule has 8 heteroatoms. The molecular weight excluding hydrogens is 431 g/mol. The quantitative estimate of drug-likeness (QED) is 0.632. The van der Waals surface area contributed by atoms with Gasteiger partial charge in [0.1, 0.15) is 11.4 Å². The van der Waals surface area contributed by atoms with Gasteiger partial charge in [-0.25, -0.2) is 0 Å². The number of carbonyl (C=O) groups excluding carboxylic acids is 2. The molecule has 0 bridgehead atoms. The van der Waals surface area contributed by atoms with Gasteiger partial charge in [0.15, 0.2) is 0 Å². The lowest BCUT2D eigenvalue weighted by Gasteiger charge is -2.29. The third kappa shape index (κ3) is 5.25. The zero-order chi connectivity index (χ0) is 20.8. The van der Waals surface area contributed by atoms with Crippen LogP contribution in [-0.2, 0) is 9.53 Å². The molecule has 2 atom stereocenters. The third-order valence-electron chi connectivity index (χ3n) is 4.61. The Morgan fingerprint density at radius 3 is 2.66 bits per heavy atom. The summed E-state index contributed by atoms with van der Waals surface area (Å²) in [6.45, 7) is 1.06. The van der Waals surface area contributed by atoms with Crippen molar-refractivity contribution in [3.8, 4) is 0 Å². The van der Waals surface area contributed by atoms with Crippen molar-refractivity contribution in [1.82, 2.24) is 10.2 Å². The molecule has 0 radical (unpaired) electrons. The number of hydrogen-bond acceptors (Lipinski definition) is 4. The molecule has 2 amide bonds. The summed E-state index contributed by atoms with van der Waals surface area (Å²) in [5.41, 5.74) is 1.29. The highest BCUT2D eigenvalue weighted by Gasteiger charge is 2.42. The molecule has 1 aliphatic rings. The first-order chi connectivity index (χ1) is 14.0. The zero-order valence-electron chi connectivity index (χ0n) is 15.9. The van der Waals surface area contributed by atoms with Gasteiger partial charge in [0.2, 0.25) is 5.91 Å². The van der Waals surface area contributed by atoms with Gasteiger partial charge in [-0.05, 0) is 30.2 Å². The van der Waals surface area contributed by atoms with Gasteiger partial charge in [-0.3, -0.25) is 9.59 Å². The zero-order valence-corrected chi connectivity index (χ0v) is 18.3. The molecule has 2 aromatic rings. The molecule has 0 spiro atoms. The van der Waals surface area contributed by atoms with Crippen LogP contribution in [0.2, 0.25) is 10.0 Å². The van der Waals surface area contributed by atoms with Crippen molar-refractivity contribution in [2.75, 3.05) is 26.0 Å². The maximum atomic E-state index is 13.4. The molecule has 154 valence electrons. The smallest absolute Gasteiger partial charge is 0.257 e. The molecule has 0 aliphatic carbocycles. The van der Waals surface area contributed by atoms with Crippen molar-refractivity contribution in [2.24, 2.45) is 0 Å². The number of amides is 2. The van der Waals surface area contributed by atoms with Crippen molar-refractivity contribution < 1.29 is 14.3 Å². The van der Waals surface area contributed by atoms with E-state index in [1.165, 1.54) is 6.07 Å². The topological polar surface area (TPSA) is 58.6 Å². The Kier molecular flexibility index (Phi) is 7.84. The second kappa shape index (κ2) is 10.3. The predicted octanol–water partition coefficient (Wildman–Crippen LogP) is 4.40. The SMILES string of the molecule is COCCCNC(=O)C1CSC(c2ccccc2)N1C(=O)c1ccc(Cl)cc1Cl. The number of rotatable bonds is 7. The fourth-order valence-corrected chi connectivity index (χ4v) is 5.10. The van der Waals surface area contributed by atoms with Crippen LogP contribution in [0.15, 0.2) is 48.5 Å². The van der Waals surface area contributed by atoms with Crippen LogP contribution in [0.5, 0.6) is 0 Å². The minimum absolute atomic E-state index is 0.175. The van der Waals surface area contributed by atoms with Crippen LogP contribution < -0.4 is 5.32 Å². The molecule has 1 saturated heterocycles. The summed E-state index contributed by atoms with van der Waals surface area (Å²) in [7, 11) is 1.62. The van der Waals surface area contributed by atoms with E-state index in [0.717, 1.165) is 5.56 Å². The van der Waals surface area contributed by atoms with E-state index in [4.69, 9.17) is 27.9 Å². The summed E-state index contributed by atoms with van der Waals surface area (Å²) in [5.74, 6) is 0.0418. The van der Waals surface area contributed by atoms with Crippen LogP contribution in [-0.4, -0.2) is 48.8 Å². The van der Waals surface area contributed by atoms with E-state index in [1.54, 1.807) is 35.9 Å². The van der Waals surface area contributed by atoms with Gasteiger partial charge < -0.3 is 15.0 Å². The highest BCUT2D eigenvalue weighted by atomic mass is 35.5. The lowest BCUT2D eigenvalue weighted by molar-refractivity contribution is -0.124. The number of halogens is 2. The molecule has 0 saturated carbocycles. The van der Waals surface area contributed by atoms with Crippen molar-refractivity contribution in [3.05, 3.63) is 69.7 Å². The van der Waals surface area contributed by atoms with Crippen molar-refractivity contribution >= 4 is 46.8 Å². The molecule has 1 heterocycles. The van der Waals surface area contributed by atoms with E-state index >= 15 is 0 Å². The standard InChI is InChI=1S/C21H22Cl2N2O3S/c1-28-11-5-10-24-19(26)18-13-29-21(14-6-3-2-4-7-14)25(18)20(27)16-9-8-15(22)12-17(16)23/h2-4,6-9,12,18,21H,5,10-11,13H2,1H3,(H,24,26). The highest BCUT2D eigenvalue weighted by molar-refractivity contribution is 7.99. The molecule has 1 aliphatic heterocycles. The number of ether oxygens (including phenoxy) is 1. The lowest BCUT2D eigenvalue weighted by Crippen LogP contribution is -2.48. The van der Waals surface area contributed by atoms with E-state index in [2.05, 4.69) is 5.32 Å². The van der Waals surface area contributed by atoms with E-state index in [-0.39, 0.29) is 22.2 Å². The van der Waals surface area contributed by atoms with Crippen molar-refractivity contribution in [1.29, 1.82) is 0 Å². The molecular formula is C21H22Cl2N2O3S. The van der Waals surface area contributed by atoms with Crippen LogP contribution >= 0.6 is 35.0 Å². The maximum absolute atomic E-state index is 13.4. The van der Waals surface area contributed by atoms with Crippen LogP contribution in [0.1, 0.15) is 27.7 Å². The molecule has 0 aromatic heterocycles. The first kappa shape index (κ1) is 22.0. The fourth-order valence-electron chi connectivity index (χ4n) is 3.18. The summed E-state index contributed by atoms with van der Waals surface area (Å²) in [5, 5.41) is 3.36. The Labute approximate surface area is 184 Å². The monoisotopic (exact) mass is 452 g/mol. The number of benzene rings is 2. The number of carbonyl (C=O) groups is 2. The van der Waals surface area contributed by atoms with Crippen LogP contribution in [0, 0.1) is 0 Å². The first-order valence-electron chi connectivity index (χ1n) is 9.24. The molecule has 1 fully saturated rings. The average Bonchev–Trinajstić information content (AvgIpc) is 3.16. The van der Waals surface area contributed by atoms with Gasteiger partial charge in [0.05, 0.1) is 10.6 Å². The van der Waals surface area contributed by atoms with Crippen LogP contribution in [0.3, 0.4) is 0 Å². The van der Waals surface area contributed by atoms with E-state index in [0.29, 0.717) is 35.9 Å². The van der Waals surface area contributed by atoms with Gasteiger partial charge in [0.25, 0.3) is 5.91 Å². The lowest BCUT2D eigenvalue weighted by atomic mass is 10.1. The third-order valence-corrected chi connectivity index (χ3v) is 6.48. The molecule has 2 unspecified atom stereocenters. The minimum atomic E-state index is -0.591. The van der Waals surface area contributed by atoms with Gasteiger partial charge in [-0.1, -0.05) is 53.5 Å². The van der Waals surface area contributed by atoms with Crippen LogP contribution in [0.4, 0.5) is 0 Å². The first-order valence-corrected chi connectivity index (χ1v) is 11.0. The predicted molar refractivity (Wildman–Crippen MR) is 118 cm³/mol. The Hall–Kier alpha value is -1.73. The Morgan fingerprint density at radius 1 is 1.21 bits per heavy atom. The second-order valence-corrected chi connectivity index (χ2v) is 8.54. The number of methoxy groups -OCH3 is 1. The van der Waals surface area contributed by atoms with E-state index < -0.39 is 6.04 Å². The number of nitrogens with one attached hydrogen (secondary N) is 1. The summed E-state index contributed by atoms with van der Waals surface area (Å²) in [6, 6.07) is 13.9. The van der Waals surface area contributed by atoms with Gasteiger partial charge in [-0.2, -0.15) is 0 Å². The van der Waals surface area contributed by atoms with Crippen molar-refractivity contribution in [3.63, 3.8) is 0 Å².